The first-order valence-electron chi connectivity index (χ1n) is 4.41. The van der Waals surface area contributed by atoms with E-state index in [0.29, 0.717) is 23.9 Å². The molecule has 14 heavy (non-hydrogen) atoms. The second kappa shape index (κ2) is 3.31. The van der Waals surface area contributed by atoms with Crippen LogP contribution in [0.2, 0.25) is 0 Å². The fraction of sp³-hybridized carbons (Fsp3) is 0.200. The highest BCUT2D eigenvalue weighted by atomic mass is 19.1. The number of phenols is 1. The molecule has 0 aliphatic rings. The summed E-state index contributed by atoms with van der Waals surface area (Å²) >= 11 is 0. The third-order valence-electron chi connectivity index (χ3n) is 2.26. The van der Waals surface area contributed by atoms with Crippen molar-refractivity contribution < 1.29 is 9.50 Å². The number of nitrogens with one attached hydrogen (secondary N) is 1. The third-order valence-corrected chi connectivity index (χ3v) is 2.26. The summed E-state index contributed by atoms with van der Waals surface area (Å²) in [5.74, 6) is -0.271. The molecule has 0 spiro atoms. The maximum atomic E-state index is 13.2. The van der Waals surface area contributed by atoms with E-state index in [1.807, 2.05) is 0 Å². The van der Waals surface area contributed by atoms with E-state index in [4.69, 9.17) is 5.73 Å². The number of benzene rings is 1. The highest BCUT2D eigenvalue weighted by molar-refractivity contribution is 5.89. The van der Waals surface area contributed by atoms with Crippen LogP contribution in [0.5, 0.6) is 5.75 Å². The number of rotatable bonds is 2. The Balaban J connectivity index is 2.70. The van der Waals surface area contributed by atoms with Crippen LogP contribution in [0, 0.1) is 5.82 Å². The molecule has 1 heterocycles. The van der Waals surface area contributed by atoms with Crippen molar-refractivity contribution in [3.8, 4) is 5.75 Å². The van der Waals surface area contributed by atoms with Gasteiger partial charge < -0.3 is 15.8 Å². The molecule has 4 heteroatoms. The lowest BCUT2D eigenvalue weighted by Crippen LogP contribution is -2.01. The van der Waals surface area contributed by atoms with Gasteiger partial charge in [0.15, 0.2) is 0 Å². The van der Waals surface area contributed by atoms with Crippen LogP contribution < -0.4 is 5.73 Å². The maximum absolute atomic E-state index is 13.2. The molecule has 4 N–H and O–H groups in total. The fourth-order valence-corrected chi connectivity index (χ4v) is 1.62. The first kappa shape index (κ1) is 9.02. The number of aromatic amines is 1. The molecule has 0 saturated heterocycles. The monoisotopic (exact) mass is 194 g/mol. The molecule has 0 amide bonds. The van der Waals surface area contributed by atoms with Crippen LogP contribution in [0.25, 0.3) is 10.9 Å². The standard InChI is InChI=1S/C10H11FN2O/c11-7-1-2-8(14)9-6(3-4-12)5-13-10(7)9/h1-2,5,13-14H,3-4,12H2. The van der Waals surface area contributed by atoms with Gasteiger partial charge in [-0.15, -0.1) is 0 Å². The summed E-state index contributed by atoms with van der Waals surface area (Å²) in [4.78, 5) is 2.79. The van der Waals surface area contributed by atoms with Crippen molar-refractivity contribution in [3.63, 3.8) is 0 Å². The van der Waals surface area contributed by atoms with Gasteiger partial charge in [0, 0.05) is 11.6 Å². The Morgan fingerprint density at radius 1 is 1.43 bits per heavy atom. The minimum atomic E-state index is -0.360. The van der Waals surface area contributed by atoms with Gasteiger partial charge in [0.2, 0.25) is 0 Å². The van der Waals surface area contributed by atoms with E-state index >= 15 is 0 Å². The highest BCUT2D eigenvalue weighted by Crippen LogP contribution is 2.29. The molecule has 3 nitrogen and oxygen atoms in total. The van der Waals surface area contributed by atoms with Crippen molar-refractivity contribution in [2.24, 2.45) is 5.73 Å². The number of halogens is 1. The van der Waals surface area contributed by atoms with Gasteiger partial charge >= 0.3 is 0 Å². The van der Waals surface area contributed by atoms with E-state index in [9.17, 15) is 9.50 Å². The molecular weight excluding hydrogens is 183 g/mol. The molecule has 74 valence electrons. The number of hydrogen-bond acceptors (Lipinski definition) is 2. The van der Waals surface area contributed by atoms with Crippen LogP contribution in [0.1, 0.15) is 5.56 Å². The van der Waals surface area contributed by atoms with Crippen LogP contribution in [0.15, 0.2) is 18.3 Å². The first-order valence-corrected chi connectivity index (χ1v) is 4.41. The Labute approximate surface area is 80.4 Å². The third kappa shape index (κ3) is 1.24. The van der Waals surface area contributed by atoms with Crippen molar-refractivity contribution in [1.29, 1.82) is 0 Å². The second-order valence-electron chi connectivity index (χ2n) is 3.17. The molecule has 0 bridgehead atoms. The van der Waals surface area contributed by atoms with Gasteiger partial charge in [-0.3, -0.25) is 0 Å². The predicted octanol–water partition coefficient (Wildman–Crippen LogP) is 1.51. The lowest BCUT2D eigenvalue weighted by molar-refractivity contribution is 0.480. The molecule has 0 aliphatic carbocycles. The molecular formula is C10H11FN2O. The minimum Gasteiger partial charge on any atom is -0.507 e. The largest absolute Gasteiger partial charge is 0.507 e. The number of fused-ring (bicyclic) bond motifs is 1. The van der Waals surface area contributed by atoms with E-state index < -0.39 is 0 Å². The average Bonchev–Trinajstić information content (AvgIpc) is 2.58. The van der Waals surface area contributed by atoms with Gasteiger partial charge in [-0.1, -0.05) is 0 Å². The Morgan fingerprint density at radius 2 is 2.21 bits per heavy atom. The summed E-state index contributed by atoms with van der Waals surface area (Å²) < 4.78 is 13.2. The van der Waals surface area contributed by atoms with E-state index in [0.717, 1.165) is 5.56 Å². The van der Waals surface area contributed by atoms with Crippen molar-refractivity contribution in [3.05, 3.63) is 29.7 Å². The molecule has 0 fully saturated rings. The summed E-state index contributed by atoms with van der Waals surface area (Å²) in [6.45, 7) is 0.475. The number of hydrogen-bond donors (Lipinski definition) is 3. The minimum absolute atomic E-state index is 0.0890. The van der Waals surface area contributed by atoms with Crippen molar-refractivity contribution >= 4 is 10.9 Å². The van der Waals surface area contributed by atoms with Crippen LogP contribution in [0.3, 0.4) is 0 Å². The van der Waals surface area contributed by atoms with Crippen molar-refractivity contribution in [2.45, 2.75) is 6.42 Å². The van der Waals surface area contributed by atoms with Gasteiger partial charge in [-0.05, 0) is 30.7 Å². The molecule has 0 radical (unpaired) electrons. The van der Waals surface area contributed by atoms with Crippen LogP contribution in [-0.4, -0.2) is 16.6 Å². The quantitative estimate of drug-likeness (QED) is 0.678. The van der Waals surface area contributed by atoms with Crippen molar-refractivity contribution in [2.75, 3.05) is 6.54 Å². The van der Waals surface area contributed by atoms with Crippen LogP contribution in [-0.2, 0) is 6.42 Å². The Hall–Kier alpha value is -1.55. The Morgan fingerprint density at radius 3 is 2.93 bits per heavy atom. The van der Waals surface area contributed by atoms with Crippen molar-refractivity contribution in [1.82, 2.24) is 4.98 Å². The number of aromatic nitrogens is 1. The van der Waals surface area contributed by atoms with Gasteiger partial charge in [-0.25, -0.2) is 4.39 Å². The van der Waals surface area contributed by atoms with E-state index in [1.54, 1.807) is 6.20 Å². The fourth-order valence-electron chi connectivity index (χ4n) is 1.62. The molecule has 0 unspecified atom stereocenters. The highest BCUT2D eigenvalue weighted by Gasteiger charge is 2.10. The molecule has 2 aromatic rings. The molecule has 1 aromatic carbocycles. The smallest absolute Gasteiger partial charge is 0.147 e. The number of H-pyrrole nitrogens is 1. The molecule has 0 aliphatic heterocycles. The van der Waals surface area contributed by atoms with E-state index in [1.165, 1.54) is 12.1 Å². The average molecular weight is 194 g/mol. The number of aromatic hydroxyl groups is 1. The Kier molecular flexibility index (Phi) is 2.13. The normalized spacial score (nSPS) is 11.0. The molecule has 1 aromatic heterocycles. The Bertz CT molecular complexity index is 464. The predicted molar refractivity (Wildman–Crippen MR) is 52.7 cm³/mol. The molecule has 0 atom stereocenters. The first-order chi connectivity index (χ1) is 6.74. The zero-order chi connectivity index (χ0) is 10.1. The van der Waals surface area contributed by atoms with Gasteiger partial charge in [0.1, 0.15) is 11.6 Å². The lowest BCUT2D eigenvalue weighted by Gasteiger charge is -1.99. The zero-order valence-electron chi connectivity index (χ0n) is 7.55. The van der Waals surface area contributed by atoms with E-state index in [2.05, 4.69) is 4.98 Å². The number of nitrogens with two attached hydrogens (primary N) is 1. The molecule has 2 rings (SSSR count). The summed E-state index contributed by atoms with van der Waals surface area (Å²) in [7, 11) is 0. The molecule has 0 saturated carbocycles. The van der Waals surface area contributed by atoms with Crippen LogP contribution >= 0.6 is 0 Å². The van der Waals surface area contributed by atoms with Gasteiger partial charge in [0.25, 0.3) is 0 Å². The summed E-state index contributed by atoms with van der Waals surface area (Å²) in [5, 5.41) is 10.1. The topological polar surface area (TPSA) is 62.0 Å². The van der Waals surface area contributed by atoms with E-state index in [-0.39, 0.29) is 11.6 Å². The SMILES string of the molecule is NCCc1c[nH]c2c(F)ccc(O)c12. The summed E-state index contributed by atoms with van der Waals surface area (Å²) in [6, 6.07) is 2.59. The van der Waals surface area contributed by atoms with Gasteiger partial charge in [0.05, 0.1) is 5.52 Å². The second-order valence-corrected chi connectivity index (χ2v) is 3.17. The van der Waals surface area contributed by atoms with Crippen LogP contribution in [0.4, 0.5) is 4.39 Å². The maximum Gasteiger partial charge on any atom is 0.147 e. The summed E-state index contributed by atoms with van der Waals surface area (Å²) in [6.07, 6.45) is 2.30. The van der Waals surface area contributed by atoms with Gasteiger partial charge in [-0.2, -0.15) is 0 Å². The lowest BCUT2D eigenvalue weighted by atomic mass is 10.1. The number of phenolic OH excluding ortho intramolecular Hbond substituents is 1. The summed E-state index contributed by atoms with van der Waals surface area (Å²) in [5.41, 5.74) is 6.60. The zero-order valence-corrected chi connectivity index (χ0v) is 7.55.